The van der Waals surface area contributed by atoms with E-state index in [1.807, 2.05) is 0 Å². The van der Waals surface area contributed by atoms with E-state index in [9.17, 15) is 14.3 Å². The highest BCUT2D eigenvalue weighted by Gasteiger charge is 2.17. The zero-order valence-corrected chi connectivity index (χ0v) is 10.4. The van der Waals surface area contributed by atoms with E-state index in [-0.39, 0.29) is 17.2 Å². The van der Waals surface area contributed by atoms with E-state index in [2.05, 4.69) is 4.98 Å². The average Bonchev–Trinajstić information content (AvgIpc) is 2.39. The van der Waals surface area contributed by atoms with Crippen LogP contribution in [0.2, 0.25) is 0 Å². The van der Waals surface area contributed by atoms with Gasteiger partial charge in [-0.3, -0.25) is 9.78 Å². The number of rotatable bonds is 3. The Balaban J connectivity index is 2.34. The fraction of sp³-hybridized carbons (Fsp3) is 0.143. The second-order valence-electron chi connectivity index (χ2n) is 3.96. The van der Waals surface area contributed by atoms with Gasteiger partial charge in [-0.2, -0.15) is 0 Å². The Labute approximate surface area is 110 Å². The summed E-state index contributed by atoms with van der Waals surface area (Å²) in [5.74, 6) is -0.824. The van der Waals surface area contributed by atoms with Crippen molar-refractivity contribution in [2.75, 3.05) is 11.4 Å². The van der Waals surface area contributed by atoms with Crippen LogP contribution < -0.4 is 4.90 Å². The summed E-state index contributed by atoms with van der Waals surface area (Å²) in [4.78, 5) is 17.5. The molecule has 19 heavy (non-hydrogen) atoms. The third-order valence-electron chi connectivity index (χ3n) is 2.65. The Morgan fingerprint density at radius 3 is 2.79 bits per heavy atom. The largest absolute Gasteiger partial charge is 0.506 e. The fourth-order valence-electron chi connectivity index (χ4n) is 1.79. The summed E-state index contributed by atoms with van der Waals surface area (Å²) in [5.41, 5.74) is 0.724. The van der Waals surface area contributed by atoms with Gasteiger partial charge in [0, 0.05) is 18.4 Å². The lowest BCUT2D eigenvalue weighted by Crippen LogP contribution is -2.30. The van der Waals surface area contributed by atoms with Crippen molar-refractivity contribution in [2.45, 2.75) is 6.92 Å². The first kappa shape index (κ1) is 13.0. The number of aromatic hydroxyl groups is 1. The van der Waals surface area contributed by atoms with Gasteiger partial charge in [-0.1, -0.05) is 6.07 Å². The maximum Gasteiger partial charge on any atom is 0.259 e. The number of pyridine rings is 1. The molecule has 0 saturated carbocycles. The summed E-state index contributed by atoms with van der Waals surface area (Å²) in [5, 5.41) is 9.34. The highest BCUT2D eigenvalue weighted by Crippen LogP contribution is 2.19. The zero-order chi connectivity index (χ0) is 13.8. The highest BCUT2D eigenvalue weighted by molar-refractivity contribution is 6.06. The summed E-state index contributed by atoms with van der Waals surface area (Å²) >= 11 is 0. The number of amides is 1. The van der Waals surface area contributed by atoms with Crippen molar-refractivity contribution in [3.8, 4) is 5.75 Å². The van der Waals surface area contributed by atoms with Gasteiger partial charge in [0.25, 0.3) is 5.91 Å². The minimum atomic E-state index is -0.405. The molecule has 0 radical (unpaired) electrons. The molecule has 0 fully saturated rings. The molecular formula is C14H13FN2O2. The van der Waals surface area contributed by atoms with Crippen LogP contribution in [0.3, 0.4) is 0 Å². The number of hydrogen-bond donors (Lipinski definition) is 1. The fourth-order valence-corrected chi connectivity index (χ4v) is 1.79. The van der Waals surface area contributed by atoms with E-state index >= 15 is 0 Å². The molecule has 5 heteroatoms. The molecule has 2 aromatic rings. The number of aromatic nitrogens is 1. The number of carbonyl (C=O) groups excluding carboxylic acids is 1. The highest BCUT2D eigenvalue weighted by atomic mass is 19.1. The van der Waals surface area contributed by atoms with Crippen LogP contribution in [-0.2, 0) is 0 Å². The Morgan fingerprint density at radius 1 is 1.37 bits per heavy atom. The SMILES string of the molecule is CCN(C(=O)c1cncc(O)c1)c1cccc(F)c1. The first-order valence-corrected chi connectivity index (χ1v) is 5.83. The number of benzene rings is 1. The van der Waals surface area contributed by atoms with Crippen LogP contribution in [0.5, 0.6) is 5.75 Å². The quantitative estimate of drug-likeness (QED) is 0.922. The van der Waals surface area contributed by atoms with Crippen LogP contribution in [0.25, 0.3) is 0 Å². The summed E-state index contributed by atoms with van der Waals surface area (Å²) in [6.07, 6.45) is 2.61. The predicted octanol–water partition coefficient (Wildman–Crippen LogP) is 2.59. The van der Waals surface area contributed by atoms with E-state index < -0.39 is 5.82 Å². The monoisotopic (exact) mass is 260 g/mol. The molecule has 0 unspecified atom stereocenters. The summed E-state index contributed by atoms with van der Waals surface area (Å²) in [6.45, 7) is 2.18. The maximum atomic E-state index is 13.2. The molecule has 0 aliphatic carbocycles. The third kappa shape index (κ3) is 2.88. The van der Waals surface area contributed by atoms with Crippen molar-refractivity contribution >= 4 is 11.6 Å². The molecule has 0 spiro atoms. The smallest absolute Gasteiger partial charge is 0.259 e. The van der Waals surface area contributed by atoms with Crippen LogP contribution in [0.1, 0.15) is 17.3 Å². The van der Waals surface area contributed by atoms with E-state index in [4.69, 9.17) is 0 Å². The lowest BCUT2D eigenvalue weighted by atomic mass is 10.2. The minimum Gasteiger partial charge on any atom is -0.506 e. The van der Waals surface area contributed by atoms with Crippen LogP contribution in [0, 0.1) is 5.82 Å². The molecule has 2 rings (SSSR count). The van der Waals surface area contributed by atoms with Gasteiger partial charge in [-0.15, -0.1) is 0 Å². The number of nitrogens with zero attached hydrogens (tertiary/aromatic N) is 2. The Bertz CT molecular complexity index is 602. The summed E-state index contributed by atoms with van der Waals surface area (Å²) in [7, 11) is 0. The number of halogens is 1. The van der Waals surface area contributed by atoms with Crippen molar-refractivity contribution in [3.05, 3.63) is 54.1 Å². The van der Waals surface area contributed by atoms with E-state index in [0.29, 0.717) is 12.2 Å². The van der Waals surface area contributed by atoms with Crippen molar-refractivity contribution in [1.82, 2.24) is 4.98 Å². The molecule has 0 aliphatic rings. The molecule has 1 aromatic heterocycles. The molecule has 1 aromatic carbocycles. The molecule has 1 amide bonds. The molecule has 1 heterocycles. The van der Waals surface area contributed by atoms with E-state index in [0.717, 1.165) is 0 Å². The normalized spacial score (nSPS) is 10.2. The lowest BCUT2D eigenvalue weighted by Gasteiger charge is -2.21. The van der Waals surface area contributed by atoms with Crippen molar-refractivity contribution in [3.63, 3.8) is 0 Å². The van der Waals surface area contributed by atoms with E-state index in [1.165, 1.54) is 35.5 Å². The topological polar surface area (TPSA) is 53.4 Å². The Hall–Kier alpha value is -2.43. The number of carbonyl (C=O) groups is 1. The molecule has 1 N–H and O–H groups in total. The van der Waals surface area contributed by atoms with Crippen molar-refractivity contribution in [1.29, 1.82) is 0 Å². The Morgan fingerprint density at radius 2 is 2.16 bits per heavy atom. The first-order chi connectivity index (χ1) is 9.11. The van der Waals surface area contributed by atoms with Gasteiger partial charge >= 0.3 is 0 Å². The summed E-state index contributed by atoms with van der Waals surface area (Å²) in [6, 6.07) is 7.13. The van der Waals surface area contributed by atoms with Crippen LogP contribution in [0.15, 0.2) is 42.7 Å². The molecular weight excluding hydrogens is 247 g/mol. The molecule has 4 nitrogen and oxygen atoms in total. The zero-order valence-electron chi connectivity index (χ0n) is 10.4. The average molecular weight is 260 g/mol. The van der Waals surface area contributed by atoms with Gasteiger partial charge in [0.2, 0.25) is 0 Å². The van der Waals surface area contributed by atoms with Crippen LogP contribution in [-0.4, -0.2) is 22.5 Å². The molecule has 0 saturated heterocycles. The van der Waals surface area contributed by atoms with Crippen molar-refractivity contribution < 1.29 is 14.3 Å². The standard InChI is InChI=1S/C14H13FN2O2/c1-2-17(12-5-3-4-11(15)7-12)14(19)10-6-13(18)9-16-8-10/h3-9,18H,2H2,1H3. The molecule has 0 aliphatic heterocycles. The summed E-state index contributed by atoms with van der Waals surface area (Å²) < 4.78 is 13.2. The molecule has 0 bridgehead atoms. The molecule has 0 atom stereocenters. The number of hydrogen-bond acceptors (Lipinski definition) is 3. The van der Waals surface area contributed by atoms with Gasteiger partial charge in [0.05, 0.1) is 11.8 Å². The maximum absolute atomic E-state index is 13.2. The Kier molecular flexibility index (Phi) is 3.75. The van der Waals surface area contributed by atoms with Gasteiger partial charge in [-0.05, 0) is 31.2 Å². The minimum absolute atomic E-state index is 0.0823. The van der Waals surface area contributed by atoms with Gasteiger partial charge in [0.15, 0.2) is 0 Å². The third-order valence-corrected chi connectivity index (χ3v) is 2.65. The van der Waals surface area contributed by atoms with Crippen LogP contribution >= 0.6 is 0 Å². The van der Waals surface area contributed by atoms with Gasteiger partial charge in [-0.25, -0.2) is 4.39 Å². The van der Waals surface area contributed by atoms with E-state index in [1.54, 1.807) is 19.1 Å². The lowest BCUT2D eigenvalue weighted by molar-refractivity contribution is 0.0987. The predicted molar refractivity (Wildman–Crippen MR) is 69.7 cm³/mol. The first-order valence-electron chi connectivity index (χ1n) is 5.83. The molecule has 98 valence electrons. The van der Waals surface area contributed by atoms with Crippen LogP contribution in [0.4, 0.5) is 10.1 Å². The number of anilines is 1. The van der Waals surface area contributed by atoms with Gasteiger partial charge in [0.1, 0.15) is 11.6 Å². The second-order valence-corrected chi connectivity index (χ2v) is 3.96. The second kappa shape index (κ2) is 5.48. The van der Waals surface area contributed by atoms with Gasteiger partial charge < -0.3 is 10.0 Å². The van der Waals surface area contributed by atoms with Crippen molar-refractivity contribution in [2.24, 2.45) is 0 Å².